The monoisotopic (exact) mass is 377 g/mol. The van der Waals surface area contributed by atoms with Gasteiger partial charge in [-0.05, 0) is 42.7 Å². The normalized spacial score (nSPS) is 14.6. The molecule has 1 unspecified atom stereocenters. The fourth-order valence-corrected chi connectivity index (χ4v) is 3.42. The summed E-state index contributed by atoms with van der Waals surface area (Å²) in [6.07, 6.45) is -0.0811. The number of carbonyl (C=O) groups excluding carboxylic acids is 2. The third-order valence-electron chi connectivity index (χ3n) is 4.17. The van der Waals surface area contributed by atoms with E-state index in [1.165, 1.54) is 23.8 Å². The van der Waals surface area contributed by atoms with Gasteiger partial charge in [0, 0.05) is 23.1 Å². The van der Waals surface area contributed by atoms with Crippen molar-refractivity contribution in [3.05, 3.63) is 69.2 Å². The van der Waals surface area contributed by atoms with Gasteiger partial charge in [-0.3, -0.25) is 4.79 Å². The lowest BCUT2D eigenvalue weighted by atomic mass is 9.99. The molecule has 6 heteroatoms. The molecule has 1 heterocycles. The van der Waals surface area contributed by atoms with E-state index in [-0.39, 0.29) is 11.5 Å². The van der Waals surface area contributed by atoms with Gasteiger partial charge in [0.05, 0.1) is 5.56 Å². The van der Waals surface area contributed by atoms with Crippen LogP contribution in [0.5, 0.6) is 0 Å². The summed E-state index contributed by atoms with van der Waals surface area (Å²) in [5, 5.41) is 0.678. The standard InChI is InChI=1S/C19H17Cl2NO3/c1-12(25-19(24)15-8-16(20)10-17(21)9-15)18(23)22-7-6-13-4-2-3-5-14(13)11-22/h2-5,8-10,12H,6-7,11H2,1H3. The van der Waals surface area contributed by atoms with Crippen molar-refractivity contribution in [1.29, 1.82) is 0 Å². The Bertz CT molecular complexity index is 802. The maximum absolute atomic E-state index is 12.6. The molecule has 0 saturated carbocycles. The van der Waals surface area contributed by atoms with Crippen molar-refractivity contribution in [2.75, 3.05) is 6.54 Å². The van der Waals surface area contributed by atoms with Crippen molar-refractivity contribution >= 4 is 35.1 Å². The number of benzene rings is 2. The minimum atomic E-state index is -0.879. The number of ether oxygens (including phenoxy) is 1. The van der Waals surface area contributed by atoms with Crippen molar-refractivity contribution in [3.63, 3.8) is 0 Å². The van der Waals surface area contributed by atoms with E-state index in [2.05, 4.69) is 6.07 Å². The van der Waals surface area contributed by atoms with Gasteiger partial charge < -0.3 is 9.64 Å². The molecular formula is C19H17Cl2NO3. The summed E-state index contributed by atoms with van der Waals surface area (Å²) in [7, 11) is 0. The van der Waals surface area contributed by atoms with Crippen molar-refractivity contribution in [3.8, 4) is 0 Å². The first-order valence-electron chi connectivity index (χ1n) is 7.96. The van der Waals surface area contributed by atoms with Crippen LogP contribution in [0.25, 0.3) is 0 Å². The van der Waals surface area contributed by atoms with Gasteiger partial charge in [0.1, 0.15) is 0 Å². The van der Waals surface area contributed by atoms with Crippen molar-refractivity contribution in [2.45, 2.75) is 26.0 Å². The van der Waals surface area contributed by atoms with Crippen LogP contribution in [-0.4, -0.2) is 29.4 Å². The van der Waals surface area contributed by atoms with Crippen molar-refractivity contribution < 1.29 is 14.3 Å². The highest BCUT2D eigenvalue weighted by Crippen LogP contribution is 2.22. The number of fused-ring (bicyclic) bond motifs is 1. The first-order chi connectivity index (χ1) is 11.9. The molecule has 2 aromatic rings. The molecule has 1 aliphatic rings. The van der Waals surface area contributed by atoms with E-state index in [4.69, 9.17) is 27.9 Å². The molecule has 1 amide bonds. The van der Waals surface area contributed by atoms with E-state index < -0.39 is 12.1 Å². The van der Waals surface area contributed by atoms with Crippen LogP contribution < -0.4 is 0 Å². The first-order valence-corrected chi connectivity index (χ1v) is 8.72. The summed E-state index contributed by atoms with van der Waals surface area (Å²) in [6, 6.07) is 12.5. The lowest BCUT2D eigenvalue weighted by Gasteiger charge is -2.30. The molecule has 1 atom stereocenters. The molecule has 1 aliphatic heterocycles. The van der Waals surface area contributed by atoms with E-state index in [1.54, 1.807) is 11.8 Å². The van der Waals surface area contributed by atoms with E-state index in [0.29, 0.717) is 23.1 Å². The minimum absolute atomic E-state index is 0.212. The summed E-state index contributed by atoms with van der Waals surface area (Å²) < 4.78 is 5.30. The van der Waals surface area contributed by atoms with Crippen molar-refractivity contribution in [2.24, 2.45) is 0 Å². The van der Waals surface area contributed by atoms with E-state index in [1.807, 2.05) is 18.2 Å². The van der Waals surface area contributed by atoms with Crippen LogP contribution in [0.4, 0.5) is 0 Å². The minimum Gasteiger partial charge on any atom is -0.449 e. The molecule has 130 valence electrons. The van der Waals surface area contributed by atoms with Gasteiger partial charge in [-0.2, -0.15) is 0 Å². The number of carbonyl (C=O) groups is 2. The molecule has 0 aliphatic carbocycles. The average Bonchev–Trinajstić information content (AvgIpc) is 2.59. The number of halogens is 2. The number of rotatable bonds is 3. The van der Waals surface area contributed by atoms with Gasteiger partial charge >= 0.3 is 5.97 Å². The maximum atomic E-state index is 12.6. The second-order valence-electron chi connectivity index (χ2n) is 5.98. The Morgan fingerprint density at radius 3 is 2.40 bits per heavy atom. The number of hydrogen-bond acceptors (Lipinski definition) is 3. The quantitative estimate of drug-likeness (QED) is 0.755. The van der Waals surface area contributed by atoms with Crippen LogP contribution >= 0.6 is 23.2 Å². The van der Waals surface area contributed by atoms with Gasteiger partial charge in [0.15, 0.2) is 6.10 Å². The predicted octanol–water partition coefficient (Wildman–Crippen LogP) is 4.12. The fraction of sp³-hybridized carbons (Fsp3) is 0.263. The SMILES string of the molecule is CC(OC(=O)c1cc(Cl)cc(Cl)c1)C(=O)N1CCc2ccccc2C1. The zero-order valence-electron chi connectivity index (χ0n) is 13.7. The summed E-state index contributed by atoms with van der Waals surface area (Å²) in [5.41, 5.74) is 2.60. The highest BCUT2D eigenvalue weighted by atomic mass is 35.5. The molecule has 0 radical (unpaired) electrons. The van der Waals surface area contributed by atoms with E-state index >= 15 is 0 Å². The summed E-state index contributed by atoms with van der Waals surface area (Å²) in [6.45, 7) is 2.72. The third-order valence-corrected chi connectivity index (χ3v) is 4.61. The molecule has 0 aromatic heterocycles. The largest absolute Gasteiger partial charge is 0.449 e. The molecule has 4 nitrogen and oxygen atoms in total. The Morgan fingerprint density at radius 1 is 1.08 bits per heavy atom. The van der Waals surface area contributed by atoms with Gasteiger partial charge in [-0.25, -0.2) is 4.79 Å². The lowest BCUT2D eigenvalue weighted by Crippen LogP contribution is -2.42. The lowest BCUT2D eigenvalue weighted by molar-refractivity contribution is -0.140. The molecule has 0 N–H and O–H groups in total. The maximum Gasteiger partial charge on any atom is 0.339 e. The first kappa shape index (κ1) is 17.8. The molecular weight excluding hydrogens is 361 g/mol. The molecule has 2 aromatic carbocycles. The summed E-state index contributed by atoms with van der Waals surface area (Å²) in [5.74, 6) is -0.835. The Morgan fingerprint density at radius 2 is 1.72 bits per heavy atom. The van der Waals surface area contributed by atoms with Gasteiger partial charge in [0.25, 0.3) is 5.91 Å². The van der Waals surface area contributed by atoms with Crippen LogP contribution in [0.2, 0.25) is 10.0 Å². The van der Waals surface area contributed by atoms with Crippen molar-refractivity contribution in [1.82, 2.24) is 4.90 Å². The molecule has 0 saturated heterocycles. The number of nitrogens with zero attached hydrogens (tertiary/aromatic N) is 1. The number of esters is 1. The Balaban J connectivity index is 1.66. The third kappa shape index (κ3) is 4.14. The second kappa shape index (κ2) is 7.46. The highest BCUT2D eigenvalue weighted by molar-refractivity contribution is 6.35. The summed E-state index contributed by atoms with van der Waals surface area (Å²) >= 11 is 11.8. The van der Waals surface area contributed by atoms with E-state index in [0.717, 1.165) is 12.0 Å². The number of hydrogen-bond donors (Lipinski definition) is 0. The Labute approximate surface area is 156 Å². The Hall–Kier alpha value is -2.04. The van der Waals surface area contributed by atoms with Crippen LogP contribution in [0.1, 0.15) is 28.4 Å². The zero-order valence-corrected chi connectivity index (χ0v) is 15.2. The summed E-state index contributed by atoms with van der Waals surface area (Å²) in [4.78, 5) is 26.6. The van der Waals surface area contributed by atoms with Crippen LogP contribution in [0.15, 0.2) is 42.5 Å². The fourth-order valence-electron chi connectivity index (χ4n) is 2.89. The van der Waals surface area contributed by atoms with Gasteiger partial charge in [0.2, 0.25) is 0 Å². The van der Waals surface area contributed by atoms with Crippen LogP contribution in [0.3, 0.4) is 0 Å². The van der Waals surface area contributed by atoms with Gasteiger partial charge in [-0.15, -0.1) is 0 Å². The van der Waals surface area contributed by atoms with Crippen LogP contribution in [-0.2, 0) is 22.5 Å². The topological polar surface area (TPSA) is 46.6 Å². The van der Waals surface area contributed by atoms with Gasteiger partial charge in [-0.1, -0.05) is 47.5 Å². The molecule has 3 rings (SSSR count). The molecule has 0 fully saturated rings. The molecule has 0 spiro atoms. The smallest absolute Gasteiger partial charge is 0.339 e. The zero-order chi connectivity index (χ0) is 18.0. The predicted molar refractivity (Wildman–Crippen MR) is 96.9 cm³/mol. The average molecular weight is 378 g/mol. The molecule has 25 heavy (non-hydrogen) atoms. The molecule has 0 bridgehead atoms. The second-order valence-corrected chi connectivity index (χ2v) is 6.86. The van der Waals surface area contributed by atoms with E-state index in [9.17, 15) is 9.59 Å². The Kier molecular flexibility index (Phi) is 5.30. The number of amides is 1. The highest BCUT2D eigenvalue weighted by Gasteiger charge is 2.27. The van der Waals surface area contributed by atoms with Crippen LogP contribution in [0, 0.1) is 0 Å².